The number of hydrogen-bond donors (Lipinski definition) is 1. The van der Waals surface area contributed by atoms with Crippen molar-refractivity contribution in [1.82, 2.24) is 4.98 Å². The summed E-state index contributed by atoms with van der Waals surface area (Å²) in [6.45, 7) is 2.34. The van der Waals surface area contributed by atoms with E-state index in [1.807, 2.05) is 0 Å². The van der Waals surface area contributed by atoms with Crippen LogP contribution in [0.5, 0.6) is 0 Å². The molecule has 1 atom stereocenters. The summed E-state index contributed by atoms with van der Waals surface area (Å²) in [7, 11) is 0. The van der Waals surface area contributed by atoms with Gasteiger partial charge in [0.2, 0.25) is 0 Å². The third-order valence-corrected chi connectivity index (χ3v) is 1.85. The van der Waals surface area contributed by atoms with Crippen LogP contribution in [0.15, 0.2) is 18.5 Å². The second kappa shape index (κ2) is 3.38. The number of aliphatic hydroxyl groups excluding tert-OH is 1. The largest absolute Gasteiger partial charge is 0.382 e. The molecule has 1 N–H and O–H groups in total. The summed E-state index contributed by atoms with van der Waals surface area (Å²) in [5, 5.41) is 9.25. The van der Waals surface area contributed by atoms with E-state index in [9.17, 15) is 13.9 Å². The van der Waals surface area contributed by atoms with E-state index >= 15 is 0 Å². The Morgan fingerprint density at radius 3 is 2.62 bits per heavy atom. The maximum absolute atomic E-state index is 12.7. The number of pyridine rings is 1. The van der Waals surface area contributed by atoms with Gasteiger partial charge in [0.25, 0.3) is 5.92 Å². The molecule has 0 saturated heterocycles. The maximum atomic E-state index is 12.7. The number of hydrogen-bond acceptors (Lipinski definition) is 2. The molecule has 0 fully saturated rings. The fraction of sp³-hybridized carbons (Fsp3) is 0.444. The standard InChI is InChI=1S/C9H11F2NO/c1-6-3-4-12-5-7(6)8(13)9(2,10)11/h3-5,8,13H,1-2H3. The molecule has 0 bridgehead atoms. The van der Waals surface area contributed by atoms with Crippen molar-refractivity contribution in [2.75, 3.05) is 0 Å². The van der Waals surface area contributed by atoms with E-state index in [1.165, 1.54) is 12.4 Å². The lowest BCUT2D eigenvalue weighted by Gasteiger charge is -2.19. The highest BCUT2D eigenvalue weighted by Gasteiger charge is 2.34. The van der Waals surface area contributed by atoms with Gasteiger partial charge in [0.05, 0.1) is 0 Å². The number of nitrogens with zero attached hydrogens (tertiary/aromatic N) is 1. The predicted molar refractivity (Wildman–Crippen MR) is 44.6 cm³/mol. The first-order chi connectivity index (χ1) is 5.93. The van der Waals surface area contributed by atoms with Crippen LogP contribution < -0.4 is 0 Å². The fourth-order valence-electron chi connectivity index (χ4n) is 1.04. The zero-order chi connectivity index (χ0) is 10.1. The predicted octanol–water partition coefficient (Wildman–Crippen LogP) is 2.08. The second-order valence-electron chi connectivity index (χ2n) is 3.09. The van der Waals surface area contributed by atoms with Crippen LogP contribution in [0.1, 0.15) is 24.2 Å². The first kappa shape index (κ1) is 10.1. The maximum Gasteiger partial charge on any atom is 0.274 e. The molecule has 72 valence electrons. The van der Waals surface area contributed by atoms with Crippen LogP contribution in [0.4, 0.5) is 8.78 Å². The van der Waals surface area contributed by atoms with Gasteiger partial charge < -0.3 is 5.11 Å². The lowest BCUT2D eigenvalue weighted by Crippen LogP contribution is -2.22. The Morgan fingerprint density at radius 1 is 1.54 bits per heavy atom. The van der Waals surface area contributed by atoms with E-state index in [2.05, 4.69) is 4.98 Å². The van der Waals surface area contributed by atoms with Crippen LogP contribution in [-0.4, -0.2) is 16.0 Å². The van der Waals surface area contributed by atoms with Crippen LogP contribution in [0.3, 0.4) is 0 Å². The highest BCUT2D eigenvalue weighted by atomic mass is 19.3. The summed E-state index contributed by atoms with van der Waals surface area (Å²) in [6, 6.07) is 1.59. The average molecular weight is 187 g/mol. The van der Waals surface area contributed by atoms with Crippen molar-refractivity contribution in [3.63, 3.8) is 0 Å². The summed E-state index contributed by atoms with van der Waals surface area (Å²) in [4.78, 5) is 3.69. The van der Waals surface area contributed by atoms with E-state index in [1.54, 1.807) is 13.0 Å². The van der Waals surface area contributed by atoms with Gasteiger partial charge in [0.15, 0.2) is 0 Å². The third kappa shape index (κ3) is 2.21. The molecular weight excluding hydrogens is 176 g/mol. The SMILES string of the molecule is Cc1ccncc1C(O)C(C)(F)F. The molecule has 1 unspecified atom stereocenters. The number of aromatic nitrogens is 1. The van der Waals surface area contributed by atoms with Crippen molar-refractivity contribution in [2.45, 2.75) is 25.9 Å². The van der Waals surface area contributed by atoms with E-state index in [0.717, 1.165) is 0 Å². The Labute approximate surface area is 75.2 Å². The number of aryl methyl sites for hydroxylation is 1. The molecule has 1 rings (SSSR count). The average Bonchev–Trinajstić information content (AvgIpc) is 2.02. The number of aliphatic hydroxyl groups is 1. The van der Waals surface area contributed by atoms with Gasteiger partial charge in [-0.1, -0.05) is 0 Å². The smallest absolute Gasteiger partial charge is 0.274 e. The zero-order valence-electron chi connectivity index (χ0n) is 7.46. The van der Waals surface area contributed by atoms with Gasteiger partial charge in [0.1, 0.15) is 6.10 Å². The van der Waals surface area contributed by atoms with Crippen LogP contribution in [0.2, 0.25) is 0 Å². The van der Waals surface area contributed by atoms with Gasteiger partial charge >= 0.3 is 0 Å². The monoisotopic (exact) mass is 187 g/mol. The summed E-state index contributed by atoms with van der Waals surface area (Å²) >= 11 is 0. The van der Waals surface area contributed by atoms with Crippen molar-refractivity contribution in [3.05, 3.63) is 29.6 Å². The summed E-state index contributed by atoms with van der Waals surface area (Å²) < 4.78 is 25.4. The minimum atomic E-state index is -3.13. The molecule has 0 aliphatic heterocycles. The fourth-order valence-corrected chi connectivity index (χ4v) is 1.04. The Morgan fingerprint density at radius 2 is 2.15 bits per heavy atom. The van der Waals surface area contributed by atoms with Crippen molar-refractivity contribution >= 4 is 0 Å². The lowest BCUT2D eigenvalue weighted by atomic mass is 10.0. The van der Waals surface area contributed by atoms with Gasteiger partial charge in [-0.3, -0.25) is 4.98 Å². The van der Waals surface area contributed by atoms with E-state index < -0.39 is 12.0 Å². The van der Waals surface area contributed by atoms with Gasteiger partial charge in [0, 0.05) is 24.9 Å². The molecule has 0 aliphatic rings. The number of halogens is 2. The van der Waals surface area contributed by atoms with Crippen LogP contribution in [-0.2, 0) is 0 Å². The van der Waals surface area contributed by atoms with E-state index in [0.29, 0.717) is 12.5 Å². The highest BCUT2D eigenvalue weighted by molar-refractivity contribution is 5.25. The molecule has 1 aromatic rings. The Kier molecular flexibility index (Phi) is 2.61. The Bertz CT molecular complexity index is 296. The zero-order valence-corrected chi connectivity index (χ0v) is 7.46. The summed E-state index contributed by atoms with van der Waals surface area (Å²) in [5.74, 6) is -3.13. The highest BCUT2D eigenvalue weighted by Crippen LogP contribution is 2.31. The van der Waals surface area contributed by atoms with Gasteiger partial charge in [-0.05, 0) is 18.6 Å². The molecule has 4 heteroatoms. The summed E-state index contributed by atoms with van der Waals surface area (Å²) in [6.07, 6.45) is 0.984. The molecule has 0 radical (unpaired) electrons. The molecule has 0 spiro atoms. The molecular formula is C9H11F2NO. The molecule has 1 aromatic heterocycles. The number of alkyl halides is 2. The van der Waals surface area contributed by atoms with Crippen molar-refractivity contribution < 1.29 is 13.9 Å². The first-order valence-corrected chi connectivity index (χ1v) is 3.89. The Hall–Kier alpha value is -1.03. The van der Waals surface area contributed by atoms with Crippen molar-refractivity contribution in [3.8, 4) is 0 Å². The summed E-state index contributed by atoms with van der Waals surface area (Å²) in [5.41, 5.74) is 0.791. The Balaban J connectivity index is 3.02. The van der Waals surface area contributed by atoms with E-state index in [4.69, 9.17) is 0 Å². The quantitative estimate of drug-likeness (QED) is 0.768. The van der Waals surface area contributed by atoms with Crippen molar-refractivity contribution in [2.24, 2.45) is 0 Å². The first-order valence-electron chi connectivity index (χ1n) is 3.89. The molecule has 0 amide bonds. The molecule has 0 aromatic carbocycles. The van der Waals surface area contributed by atoms with Crippen LogP contribution >= 0.6 is 0 Å². The van der Waals surface area contributed by atoms with Gasteiger partial charge in [-0.2, -0.15) is 0 Å². The molecule has 2 nitrogen and oxygen atoms in total. The lowest BCUT2D eigenvalue weighted by molar-refractivity contribution is -0.0957. The van der Waals surface area contributed by atoms with Crippen LogP contribution in [0.25, 0.3) is 0 Å². The molecule has 13 heavy (non-hydrogen) atoms. The topological polar surface area (TPSA) is 33.1 Å². The van der Waals surface area contributed by atoms with E-state index in [-0.39, 0.29) is 5.56 Å². The second-order valence-corrected chi connectivity index (χ2v) is 3.09. The molecule has 1 heterocycles. The van der Waals surface area contributed by atoms with Gasteiger partial charge in [-0.15, -0.1) is 0 Å². The molecule has 0 saturated carbocycles. The van der Waals surface area contributed by atoms with Gasteiger partial charge in [-0.25, -0.2) is 8.78 Å². The molecule has 0 aliphatic carbocycles. The minimum Gasteiger partial charge on any atom is -0.382 e. The van der Waals surface area contributed by atoms with Crippen molar-refractivity contribution in [1.29, 1.82) is 0 Å². The van der Waals surface area contributed by atoms with Crippen LogP contribution in [0, 0.1) is 6.92 Å². The third-order valence-electron chi connectivity index (χ3n) is 1.85. The minimum absolute atomic E-state index is 0.176. The normalized spacial score (nSPS) is 14.2. The number of rotatable bonds is 2.